The van der Waals surface area contributed by atoms with Crippen LogP contribution in [0.4, 0.5) is 0 Å². The molecule has 5 heavy (non-hydrogen) atoms. The van der Waals surface area contributed by atoms with Crippen LogP contribution in [0.3, 0.4) is 0 Å². The SMILES string of the molecule is [C+]1=CC=NC1. The van der Waals surface area contributed by atoms with E-state index in [4.69, 9.17) is 0 Å². The molecule has 1 nitrogen and oxygen atoms in total. The molecule has 1 heterocycles. The summed E-state index contributed by atoms with van der Waals surface area (Å²) < 4.78 is 0. The summed E-state index contributed by atoms with van der Waals surface area (Å²) >= 11 is 0. The molecule has 1 heteroatoms. The zero-order valence-corrected chi connectivity index (χ0v) is 2.81. The highest BCUT2D eigenvalue weighted by Gasteiger charge is 1.88. The Balaban J connectivity index is 2.61. The molecule has 0 aromatic heterocycles. The van der Waals surface area contributed by atoms with Gasteiger partial charge in [0.1, 0.15) is 0 Å². The predicted molar refractivity (Wildman–Crippen MR) is 21.2 cm³/mol. The standard InChI is InChI=1S/C4H4N/c1-2-4-5-3-1/h1,3H,4H2/q+1. The van der Waals surface area contributed by atoms with E-state index >= 15 is 0 Å². The van der Waals surface area contributed by atoms with Gasteiger partial charge in [-0.15, -0.1) is 0 Å². The highest BCUT2D eigenvalue weighted by atomic mass is 14.7. The molecule has 0 saturated carbocycles. The molecule has 0 N–H and O–H groups in total. The molecule has 0 amide bonds. The summed E-state index contributed by atoms with van der Waals surface area (Å²) in [5.41, 5.74) is 0. The van der Waals surface area contributed by atoms with Crippen LogP contribution < -0.4 is 0 Å². The quantitative estimate of drug-likeness (QED) is 0.363. The van der Waals surface area contributed by atoms with Crippen LogP contribution >= 0.6 is 0 Å². The maximum Gasteiger partial charge on any atom is 0.197 e. The van der Waals surface area contributed by atoms with Crippen LogP contribution in [0.2, 0.25) is 0 Å². The van der Waals surface area contributed by atoms with Gasteiger partial charge in [0, 0.05) is 0 Å². The molecule has 0 aromatic rings. The Morgan fingerprint density at radius 3 is 3.00 bits per heavy atom. The van der Waals surface area contributed by atoms with Crippen molar-refractivity contribution in [1.29, 1.82) is 0 Å². The van der Waals surface area contributed by atoms with Crippen molar-refractivity contribution in [2.45, 2.75) is 0 Å². The molecule has 1 rings (SSSR count). The summed E-state index contributed by atoms with van der Waals surface area (Å²) in [5, 5.41) is 0. The van der Waals surface area contributed by atoms with Crippen LogP contribution in [0.5, 0.6) is 0 Å². The van der Waals surface area contributed by atoms with Gasteiger partial charge in [0.05, 0.1) is 6.08 Å². The van der Waals surface area contributed by atoms with Crippen LogP contribution in [0.25, 0.3) is 0 Å². The minimum atomic E-state index is 0.764. The third-order valence-electron chi connectivity index (χ3n) is 0.480. The number of hydrogen-bond acceptors (Lipinski definition) is 1. The molecule has 0 bridgehead atoms. The van der Waals surface area contributed by atoms with E-state index in [1.165, 1.54) is 0 Å². The van der Waals surface area contributed by atoms with Crippen molar-refractivity contribution in [1.82, 2.24) is 0 Å². The minimum absolute atomic E-state index is 0.764. The van der Waals surface area contributed by atoms with Gasteiger partial charge in [-0.3, -0.25) is 0 Å². The van der Waals surface area contributed by atoms with Crippen LogP contribution in [-0.2, 0) is 0 Å². The second kappa shape index (κ2) is 0.958. The fourth-order valence-electron chi connectivity index (χ4n) is 0.264. The van der Waals surface area contributed by atoms with Crippen molar-refractivity contribution in [2.75, 3.05) is 6.54 Å². The van der Waals surface area contributed by atoms with Crippen LogP contribution in [0.1, 0.15) is 0 Å². The van der Waals surface area contributed by atoms with Gasteiger partial charge in [-0.1, -0.05) is 0 Å². The number of allylic oxidation sites excluding steroid dienone is 1. The van der Waals surface area contributed by atoms with E-state index < -0.39 is 0 Å². The first-order valence-corrected chi connectivity index (χ1v) is 1.55. The van der Waals surface area contributed by atoms with Crippen molar-refractivity contribution in [3.63, 3.8) is 0 Å². The van der Waals surface area contributed by atoms with Crippen molar-refractivity contribution in [3.05, 3.63) is 12.2 Å². The first-order valence-electron chi connectivity index (χ1n) is 1.55. The Morgan fingerprint density at radius 1 is 1.80 bits per heavy atom. The highest BCUT2D eigenvalue weighted by Crippen LogP contribution is 1.77. The lowest BCUT2D eigenvalue weighted by Crippen LogP contribution is -1.56. The van der Waals surface area contributed by atoms with Crippen molar-refractivity contribution < 1.29 is 0 Å². The Morgan fingerprint density at radius 2 is 2.80 bits per heavy atom. The van der Waals surface area contributed by atoms with E-state index in [9.17, 15) is 0 Å². The Kier molecular flexibility index (Phi) is 0.489. The average molecular weight is 66.1 g/mol. The van der Waals surface area contributed by atoms with E-state index in [0.717, 1.165) is 6.54 Å². The largest absolute Gasteiger partial charge is 0.197 e. The zero-order chi connectivity index (χ0) is 3.54. The summed E-state index contributed by atoms with van der Waals surface area (Å²) in [6.07, 6.45) is 6.44. The van der Waals surface area contributed by atoms with Gasteiger partial charge >= 0.3 is 0 Å². The van der Waals surface area contributed by atoms with Crippen LogP contribution in [0.15, 0.2) is 11.1 Å². The predicted octanol–water partition coefficient (Wildman–Crippen LogP) is 0.430. The first kappa shape index (κ1) is 2.55. The van der Waals surface area contributed by atoms with Gasteiger partial charge in [-0.05, 0) is 0 Å². The molecule has 0 atom stereocenters. The van der Waals surface area contributed by atoms with Crippen molar-refractivity contribution in [2.24, 2.45) is 4.99 Å². The van der Waals surface area contributed by atoms with Gasteiger partial charge in [-0.2, -0.15) is 4.99 Å². The lowest BCUT2D eigenvalue weighted by atomic mass is 10.6. The van der Waals surface area contributed by atoms with Crippen LogP contribution in [0, 0.1) is 6.08 Å². The van der Waals surface area contributed by atoms with E-state index in [2.05, 4.69) is 11.1 Å². The lowest BCUT2D eigenvalue weighted by molar-refractivity contribution is 1.26. The molecule has 0 unspecified atom stereocenters. The summed E-state index contributed by atoms with van der Waals surface area (Å²) in [6, 6.07) is 0. The molecule has 0 saturated heterocycles. The molecular weight excluding hydrogens is 62.1 g/mol. The van der Waals surface area contributed by atoms with E-state index in [1.807, 2.05) is 6.08 Å². The zero-order valence-electron chi connectivity index (χ0n) is 2.81. The second-order valence-corrected chi connectivity index (χ2v) is 0.861. The van der Waals surface area contributed by atoms with E-state index in [1.54, 1.807) is 6.21 Å². The normalized spacial score (nSPS) is 16.0. The third kappa shape index (κ3) is 0.310. The van der Waals surface area contributed by atoms with Gasteiger partial charge in [0.25, 0.3) is 0 Å². The van der Waals surface area contributed by atoms with Gasteiger partial charge in [-0.25, -0.2) is 0 Å². The monoisotopic (exact) mass is 66.0 g/mol. The summed E-state index contributed by atoms with van der Waals surface area (Å²) in [7, 11) is 0. The Hall–Kier alpha value is -0.680. The Labute approximate surface area is 31.0 Å². The molecule has 24 valence electrons. The van der Waals surface area contributed by atoms with Gasteiger partial charge in [0.2, 0.25) is 0 Å². The molecule has 1 aliphatic heterocycles. The van der Waals surface area contributed by atoms with Crippen molar-refractivity contribution >= 4 is 6.21 Å². The second-order valence-electron chi connectivity index (χ2n) is 0.861. The summed E-state index contributed by atoms with van der Waals surface area (Å²) in [4.78, 5) is 3.79. The molecule has 0 aromatic carbocycles. The molecular formula is C4H4N+. The Bertz CT molecular complexity index is 61.7. The summed E-state index contributed by atoms with van der Waals surface area (Å²) in [6.45, 7) is 0.764. The maximum absolute atomic E-state index is 3.79. The molecule has 0 aliphatic carbocycles. The summed E-state index contributed by atoms with van der Waals surface area (Å²) in [5.74, 6) is 0. The molecule has 0 spiro atoms. The van der Waals surface area contributed by atoms with Crippen LogP contribution in [-0.4, -0.2) is 12.8 Å². The fourth-order valence-corrected chi connectivity index (χ4v) is 0.264. The minimum Gasteiger partial charge on any atom is -0.162 e. The molecule has 1 aliphatic rings. The third-order valence-corrected chi connectivity index (χ3v) is 0.480. The molecule has 0 radical (unpaired) electrons. The number of aliphatic imine (C=N–C) groups is 1. The van der Waals surface area contributed by atoms with Gasteiger partial charge in [0.15, 0.2) is 18.8 Å². The first-order chi connectivity index (χ1) is 2.50. The van der Waals surface area contributed by atoms with E-state index in [0.29, 0.717) is 0 Å². The lowest BCUT2D eigenvalue weighted by Gasteiger charge is -1.46. The number of rotatable bonds is 0. The molecule has 0 fully saturated rings. The number of hydrogen-bond donors (Lipinski definition) is 0. The number of nitrogens with zero attached hydrogens (tertiary/aromatic N) is 1. The van der Waals surface area contributed by atoms with Crippen molar-refractivity contribution in [3.8, 4) is 0 Å². The highest BCUT2D eigenvalue weighted by molar-refractivity contribution is 5.72. The fraction of sp³-hybridized carbons (Fsp3) is 0.250. The average Bonchev–Trinajstić information content (AvgIpc) is 1.76. The maximum atomic E-state index is 3.79. The topological polar surface area (TPSA) is 12.4 Å². The van der Waals surface area contributed by atoms with Gasteiger partial charge < -0.3 is 0 Å². The van der Waals surface area contributed by atoms with E-state index in [-0.39, 0.29) is 0 Å². The smallest absolute Gasteiger partial charge is 0.162 e.